The minimum Gasteiger partial charge on any atom is -0.337 e. The lowest BCUT2D eigenvalue weighted by atomic mass is 10.1. The van der Waals surface area contributed by atoms with E-state index in [-0.39, 0.29) is 0 Å². The highest BCUT2D eigenvalue weighted by atomic mass is 15.2. The first kappa shape index (κ1) is 10.5. The van der Waals surface area contributed by atoms with Crippen molar-refractivity contribution in [1.29, 1.82) is 0 Å². The Kier molecular flexibility index (Phi) is 2.68. The van der Waals surface area contributed by atoms with Crippen molar-refractivity contribution in [2.24, 2.45) is 7.05 Å². The molecule has 1 fully saturated rings. The lowest BCUT2D eigenvalue weighted by Gasteiger charge is -2.15. The molecule has 1 atom stereocenters. The van der Waals surface area contributed by atoms with Gasteiger partial charge < -0.3 is 4.57 Å². The highest BCUT2D eigenvalue weighted by Gasteiger charge is 2.25. The van der Waals surface area contributed by atoms with Gasteiger partial charge in [0.2, 0.25) is 0 Å². The van der Waals surface area contributed by atoms with Crippen LogP contribution in [0.3, 0.4) is 0 Å². The van der Waals surface area contributed by atoms with E-state index in [1.54, 1.807) is 0 Å². The van der Waals surface area contributed by atoms with Gasteiger partial charge in [0.25, 0.3) is 0 Å². The largest absolute Gasteiger partial charge is 0.337 e. The lowest BCUT2D eigenvalue weighted by molar-refractivity contribution is 0.318. The summed E-state index contributed by atoms with van der Waals surface area (Å²) in [5.74, 6) is 0.603. The summed E-state index contributed by atoms with van der Waals surface area (Å²) in [5.41, 5.74) is 2.53. The number of rotatable bonds is 3. The third-order valence-corrected chi connectivity index (χ3v) is 3.54. The molecule has 90 valence electrons. The number of nitrogens with one attached hydrogen (secondary N) is 1. The van der Waals surface area contributed by atoms with Crippen LogP contribution in [0.25, 0.3) is 0 Å². The topological polar surface area (TPSA) is 49.7 Å². The van der Waals surface area contributed by atoms with Crippen LogP contribution < -0.4 is 0 Å². The molecule has 0 aliphatic carbocycles. The van der Waals surface area contributed by atoms with E-state index in [4.69, 9.17) is 0 Å². The molecule has 0 saturated carbocycles. The van der Waals surface area contributed by atoms with Crippen molar-refractivity contribution in [3.05, 3.63) is 36.2 Å². The Morgan fingerprint density at radius 2 is 2.47 bits per heavy atom. The van der Waals surface area contributed by atoms with Crippen molar-refractivity contribution in [3.8, 4) is 0 Å². The molecule has 5 nitrogen and oxygen atoms in total. The molecule has 17 heavy (non-hydrogen) atoms. The van der Waals surface area contributed by atoms with Crippen LogP contribution in [0, 0.1) is 0 Å². The predicted octanol–water partition coefficient (Wildman–Crippen LogP) is 1.13. The van der Waals surface area contributed by atoms with Crippen molar-refractivity contribution in [2.75, 3.05) is 13.1 Å². The number of nitrogens with zero attached hydrogens (tertiary/aromatic N) is 4. The van der Waals surface area contributed by atoms with Crippen LogP contribution in [0.5, 0.6) is 0 Å². The van der Waals surface area contributed by atoms with Crippen LogP contribution in [0.15, 0.2) is 24.8 Å². The van der Waals surface area contributed by atoms with Crippen molar-refractivity contribution < 1.29 is 0 Å². The molecular weight excluding hydrogens is 214 g/mol. The minimum atomic E-state index is 0.603. The van der Waals surface area contributed by atoms with Gasteiger partial charge in [-0.05, 0) is 19.0 Å². The molecule has 1 aliphatic rings. The molecule has 2 aromatic rings. The van der Waals surface area contributed by atoms with Gasteiger partial charge in [0.1, 0.15) is 0 Å². The molecule has 0 radical (unpaired) electrons. The molecule has 3 heterocycles. The Morgan fingerprint density at radius 3 is 3.18 bits per heavy atom. The number of aryl methyl sites for hydroxylation is 1. The van der Waals surface area contributed by atoms with Crippen LogP contribution in [0.1, 0.15) is 23.7 Å². The van der Waals surface area contributed by atoms with E-state index in [1.165, 1.54) is 17.8 Å². The smallest absolute Gasteiger partial charge is 0.0945 e. The van der Waals surface area contributed by atoms with Crippen molar-refractivity contribution in [2.45, 2.75) is 18.9 Å². The summed E-state index contributed by atoms with van der Waals surface area (Å²) in [7, 11) is 2.05. The molecule has 2 aromatic heterocycles. The maximum Gasteiger partial charge on any atom is 0.0945 e. The molecule has 1 N–H and O–H groups in total. The third-order valence-electron chi connectivity index (χ3n) is 3.54. The molecule has 3 rings (SSSR count). The number of H-pyrrole nitrogens is 1. The second-order valence-corrected chi connectivity index (χ2v) is 4.73. The molecule has 0 unspecified atom stereocenters. The van der Waals surface area contributed by atoms with Gasteiger partial charge in [0.05, 0.1) is 12.0 Å². The second-order valence-electron chi connectivity index (χ2n) is 4.73. The van der Waals surface area contributed by atoms with E-state index in [1.807, 2.05) is 25.8 Å². The normalized spacial score (nSPS) is 21.1. The molecule has 0 aromatic carbocycles. The van der Waals surface area contributed by atoms with Gasteiger partial charge in [0, 0.05) is 44.1 Å². The maximum atomic E-state index is 4.15. The Bertz CT molecular complexity index is 473. The average Bonchev–Trinajstić information content (AvgIpc) is 3.02. The SMILES string of the molecule is Cn1cncc1CN1CC[C@H](c2ccn[nH]2)C1. The Balaban J connectivity index is 1.63. The first-order valence-corrected chi connectivity index (χ1v) is 6.00. The van der Waals surface area contributed by atoms with Gasteiger partial charge in [-0.3, -0.25) is 10.00 Å². The maximum absolute atomic E-state index is 4.15. The van der Waals surface area contributed by atoms with Crippen LogP contribution in [-0.4, -0.2) is 37.7 Å². The van der Waals surface area contributed by atoms with Gasteiger partial charge in [-0.2, -0.15) is 5.10 Å². The van der Waals surface area contributed by atoms with Crippen LogP contribution in [0.2, 0.25) is 0 Å². The Hall–Kier alpha value is -1.62. The van der Waals surface area contributed by atoms with E-state index in [2.05, 4.69) is 30.7 Å². The fourth-order valence-corrected chi connectivity index (χ4v) is 2.49. The standard InChI is InChI=1S/C12H17N5/c1-16-9-13-6-11(16)8-17-5-3-10(7-17)12-2-4-14-15-12/h2,4,6,9-10H,3,5,7-8H2,1H3,(H,14,15)/t10-/m0/s1. The monoisotopic (exact) mass is 231 g/mol. The summed E-state index contributed by atoms with van der Waals surface area (Å²) in [6.45, 7) is 3.24. The van der Waals surface area contributed by atoms with Crippen molar-refractivity contribution in [3.63, 3.8) is 0 Å². The summed E-state index contributed by atoms with van der Waals surface area (Å²) < 4.78 is 2.09. The molecule has 5 heteroatoms. The van der Waals surface area contributed by atoms with Gasteiger partial charge >= 0.3 is 0 Å². The summed E-state index contributed by atoms with van der Waals surface area (Å²) in [6, 6.07) is 2.08. The van der Waals surface area contributed by atoms with E-state index in [0.717, 1.165) is 19.6 Å². The van der Waals surface area contributed by atoms with Crippen molar-refractivity contribution >= 4 is 0 Å². The quantitative estimate of drug-likeness (QED) is 0.861. The molecule has 1 aliphatic heterocycles. The van der Waals surface area contributed by atoms with Gasteiger partial charge in [-0.25, -0.2) is 4.98 Å². The van der Waals surface area contributed by atoms with E-state index >= 15 is 0 Å². The lowest BCUT2D eigenvalue weighted by Crippen LogP contribution is -2.21. The Labute approximate surface area is 100 Å². The molecule has 0 amide bonds. The van der Waals surface area contributed by atoms with E-state index < -0.39 is 0 Å². The number of imidazole rings is 1. The predicted molar refractivity (Wildman–Crippen MR) is 64.4 cm³/mol. The van der Waals surface area contributed by atoms with E-state index in [0.29, 0.717) is 5.92 Å². The molecular formula is C12H17N5. The highest BCUT2D eigenvalue weighted by molar-refractivity contribution is 5.09. The fourth-order valence-electron chi connectivity index (χ4n) is 2.49. The zero-order valence-electron chi connectivity index (χ0n) is 10.0. The van der Waals surface area contributed by atoms with Crippen molar-refractivity contribution in [1.82, 2.24) is 24.6 Å². The molecule has 0 bridgehead atoms. The zero-order chi connectivity index (χ0) is 11.7. The Morgan fingerprint density at radius 1 is 1.53 bits per heavy atom. The number of hydrogen-bond acceptors (Lipinski definition) is 3. The average molecular weight is 231 g/mol. The van der Waals surface area contributed by atoms with Crippen LogP contribution >= 0.6 is 0 Å². The minimum absolute atomic E-state index is 0.603. The number of aromatic nitrogens is 4. The second kappa shape index (κ2) is 4.33. The zero-order valence-corrected chi connectivity index (χ0v) is 10.0. The van der Waals surface area contributed by atoms with Gasteiger partial charge in [0.15, 0.2) is 0 Å². The number of hydrogen-bond donors (Lipinski definition) is 1. The molecule has 0 spiro atoms. The number of aromatic amines is 1. The van der Waals surface area contributed by atoms with Gasteiger partial charge in [-0.1, -0.05) is 0 Å². The van der Waals surface area contributed by atoms with Crippen LogP contribution in [-0.2, 0) is 13.6 Å². The number of likely N-dealkylation sites (tertiary alicyclic amines) is 1. The summed E-state index contributed by atoms with van der Waals surface area (Å²) in [4.78, 5) is 6.63. The summed E-state index contributed by atoms with van der Waals surface area (Å²) in [6.07, 6.45) is 6.85. The first-order chi connectivity index (χ1) is 8.33. The first-order valence-electron chi connectivity index (χ1n) is 6.00. The fraction of sp³-hybridized carbons (Fsp3) is 0.500. The summed E-state index contributed by atoms with van der Waals surface area (Å²) in [5, 5.41) is 7.10. The van der Waals surface area contributed by atoms with Crippen LogP contribution in [0.4, 0.5) is 0 Å². The van der Waals surface area contributed by atoms with Gasteiger partial charge in [-0.15, -0.1) is 0 Å². The summed E-state index contributed by atoms with van der Waals surface area (Å²) >= 11 is 0. The molecule has 1 saturated heterocycles. The highest BCUT2D eigenvalue weighted by Crippen LogP contribution is 2.26. The van der Waals surface area contributed by atoms with E-state index in [9.17, 15) is 0 Å². The third kappa shape index (κ3) is 2.10.